The Morgan fingerprint density at radius 1 is 1.20 bits per heavy atom. The van der Waals surface area contributed by atoms with Gasteiger partial charge in [-0.15, -0.1) is 0 Å². The minimum absolute atomic E-state index is 0.513. The summed E-state index contributed by atoms with van der Waals surface area (Å²) in [6.45, 7) is 8.70. The minimum Gasteiger partial charge on any atom is -0.365 e. The van der Waals surface area contributed by atoms with Crippen LogP contribution in [0.15, 0.2) is 0 Å². The summed E-state index contributed by atoms with van der Waals surface area (Å²) in [5.74, 6) is 1.55. The van der Waals surface area contributed by atoms with Gasteiger partial charge in [0.15, 0.2) is 0 Å². The number of nitrogens with zero attached hydrogens (tertiary/aromatic N) is 4. The molecule has 0 atom stereocenters. The van der Waals surface area contributed by atoms with Gasteiger partial charge in [-0.05, 0) is 20.8 Å². The summed E-state index contributed by atoms with van der Waals surface area (Å²) in [5.41, 5.74) is 4.26. The van der Waals surface area contributed by atoms with Crippen LogP contribution in [0.3, 0.4) is 0 Å². The first-order chi connectivity index (χ1) is 9.43. The molecule has 20 heavy (non-hydrogen) atoms. The van der Waals surface area contributed by atoms with Crippen LogP contribution in [-0.4, -0.2) is 19.7 Å². The Kier molecular flexibility index (Phi) is 4.28. The summed E-state index contributed by atoms with van der Waals surface area (Å²) in [4.78, 5) is 8.74. The SMILES string of the molecule is CCc1nc(Cl)c(C)c(NCc2c(C)nn(C)c2C)n1. The molecule has 0 aromatic carbocycles. The summed E-state index contributed by atoms with van der Waals surface area (Å²) in [7, 11) is 1.95. The summed E-state index contributed by atoms with van der Waals surface area (Å²) >= 11 is 6.14. The Hall–Kier alpha value is -1.62. The lowest BCUT2D eigenvalue weighted by atomic mass is 10.2. The fourth-order valence-corrected chi connectivity index (χ4v) is 2.30. The molecule has 0 aliphatic rings. The third kappa shape index (κ3) is 2.77. The first-order valence-electron chi connectivity index (χ1n) is 6.70. The second kappa shape index (κ2) is 5.79. The molecule has 0 aliphatic heterocycles. The van der Waals surface area contributed by atoms with Crippen molar-refractivity contribution in [2.24, 2.45) is 7.05 Å². The standard InChI is InChI=1S/C14H20ClN5/c1-6-12-17-13(15)8(2)14(18-12)16-7-11-9(3)19-20(5)10(11)4/h6-7H2,1-5H3,(H,16,17,18). The summed E-state index contributed by atoms with van der Waals surface area (Å²) < 4.78 is 1.89. The molecule has 0 amide bonds. The van der Waals surface area contributed by atoms with Crippen LogP contribution in [0.4, 0.5) is 5.82 Å². The van der Waals surface area contributed by atoms with Crippen LogP contribution < -0.4 is 5.32 Å². The van der Waals surface area contributed by atoms with Crippen LogP contribution in [-0.2, 0) is 20.0 Å². The van der Waals surface area contributed by atoms with Gasteiger partial charge < -0.3 is 5.32 Å². The smallest absolute Gasteiger partial charge is 0.137 e. The lowest BCUT2D eigenvalue weighted by Gasteiger charge is -2.11. The monoisotopic (exact) mass is 293 g/mol. The number of hydrogen-bond acceptors (Lipinski definition) is 4. The maximum absolute atomic E-state index is 6.14. The van der Waals surface area contributed by atoms with E-state index in [1.165, 1.54) is 5.56 Å². The van der Waals surface area contributed by atoms with Gasteiger partial charge in [-0.25, -0.2) is 9.97 Å². The third-order valence-corrected chi connectivity index (χ3v) is 3.91. The predicted molar refractivity (Wildman–Crippen MR) is 81.2 cm³/mol. The summed E-state index contributed by atoms with van der Waals surface area (Å²) in [6.07, 6.45) is 0.764. The largest absolute Gasteiger partial charge is 0.365 e. The molecule has 0 radical (unpaired) electrons. The van der Waals surface area contributed by atoms with Gasteiger partial charge in [0, 0.05) is 36.8 Å². The van der Waals surface area contributed by atoms with Gasteiger partial charge in [-0.3, -0.25) is 4.68 Å². The molecule has 2 rings (SSSR count). The Morgan fingerprint density at radius 2 is 1.90 bits per heavy atom. The molecule has 6 heteroatoms. The lowest BCUT2D eigenvalue weighted by Crippen LogP contribution is -2.08. The molecule has 2 aromatic heterocycles. The van der Waals surface area contributed by atoms with E-state index >= 15 is 0 Å². The highest BCUT2D eigenvalue weighted by atomic mass is 35.5. The Labute approximate surface area is 124 Å². The topological polar surface area (TPSA) is 55.6 Å². The molecule has 0 fully saturated rings. The second-order valence-corrected chi connectivity index (χ2v) is 5.24. The van der Waals surface area contributed by atoms with E-state index in [1.54, 1.807) is 0 Å². The zero-order valence-corrected chi connectivity index (χ0v) is 13.3. The van der Waals surface area contributed by atoms with E-state index in [4.69, 9.17) is 11.6 Å². The highest BCUT2D eigenvalue weighted by molar-refractivity contribution is 6.30. The Balaban J connectivity index is 2.25. The van der Waals surface area contributed by atoms with Crippen molar-refractivity contribution >= 4 is 17.4 Å². The van der Waals surface area contributed by atoms with Crippen molar-refractivity contribution in [1.29, 1.82) is 0 Å². The Bertz CT molecular complexity index is 633. The highest BCUT2D eigenvalue weighted by Gasteiger charge is 2.12. The second-order valence-electron chi connectivity index (χ2n) is 4.88. The number of halogens is 1. The van der Waals surface area contributed by atoms with Crippen LogP contribution in [0.2, 0.25) is 5.15 Å². The molecule has 0 saturated heterocycles. The number of nitrogens with one attached hydrogen (secondary N) is 1. The highest BCUT2D eigenvalue weighted by Crippen LogP contribution is 2.21. The van der Waals surface area contributed by atoms with Crippen molar-refractivity contribution in [2.45, 2.75) is 40.7 Å². The van der Waals surface area contributed by atoms with Gasteiger partial charge in [0.2, 0.25) is 0 Å². The van der Waals surface area contributed by atoms with Crippen molar-refractivity contribution < 1.29 is 0 Å². The first-order valence-corrected chi connectivity index (χ1v) is 7.07. The van der Waals surface area contributed by atoms with E-state index in [2.05, 4.69) is 27.3 Å². The molecule has 0 unspecified atom stereocenters. The molecule has 0 aliphatic carbocycles. The molecular formula is C14H20ClN5. The van der Waals surface area contributed by atoms with Gasteiger partial charge in [0.25, 0.3) is 0 Å². The zero-order chi connectivity index (χ0) is 14.9. The van der Waals surface area contributed by atoms with E-state index in [9.17, 15) is 0 Å². The van der Waals surface area contributed by atoms with Crippen LogP contribution >= 0.6 is 11.6 Å². The van der Waals surface area contributed by atoms with Crippen LogP contribution in [0, 0.1) is 20.8 Å². The van der Waals surface area contributed by atoms with E-state index in [-0.39, 0.29) is 0 Å². The van der Waals surface area contributed by atoms with Gasteiger partial charge in [-0.1, -0.05) is 18.5 Å². The fourth-order valence-electron chi connectivity index (χ4n) is 2.11. The van der Waals surface area contributed by atoms with Crippen molar-refractivity contribution in [3.8, 4) is 0 Å². The van der Waals surface area contributed by atoms with Gasteiger partial charge >= 0.3 is 0 Å². The lowest BCUT2D eigenvalue weighted by molar-refractivity contribution is 0.730. The number of hydrogen-bond donors (Lipinski definition) is 1. The average Bonchev–Trinajstić information content (AvgIpc) is 2.65. The fraction of sp³-hybridized carbons (Fsp3) is 0.500. The maximum atomic E-state index is 6.14. The Morgan fingerprint density at radius 3 is 2.45 bits per heavy atom. The molecule has 108 valence electrons. The maximum Gasteiger partial charge on any atom is 0.137 e. The minimum atomic E-state index is 0.513. The third-order valence-electron chi connectivity index (χ3n) is 3.54. The molecule has 1 N–H and O–H groups in total. The van der Waals surface area contributed by atoms with Crippen molar-refractivity contribution in [1.82, 2.24) is 19.7 Å². The van der Waals surface area contributed by atoms with E-state index in [0.717, 1.165) is 35.0 Å². The number of aryl methyl sites for hydroxylation is 3. The molecule has 5 nitrogen and oxygen atoms in total. The van der Waals surface area contributed by atoms with Gasteiger partial charge in [-0.2, -0.15) is 5.10 Å². The van der Waals surface area contributed by atoms with Crippen LogP contribution in [0.5, 0.6) is 0 Å². The van der Waals surface area contributed by atoms with Crippen LogP contribution in [0.25, 0.3) is 0 Å². The van der Waals surface area contributed by atoms with E-state index in [0.29, 0.717) is 11.7 Å². The molecule has 2 heterocycles. The van der Waals surface area contributed by atoms with Gasteiger partial charge in [0.05, 0.1) is 5.69 Å². The van der Waals surface area contributed by atoms with E-state index in [1.807, 2.05) is 32.5 Å². The molecule has 0 spiro atoms. The molecule has 0 saturated carbocycles. The predicted octanol–water partition coefficient (Wildman–Crippen LogP) is 2.96. The van der Waals surface area contributed by atoms with Crippen molar-refractivity contribution in [2.75, 3.05) is 5.32 Å². The molecule has 0 bridgehead atoms. The normalized spacial score (nSPS) is 10.9. The van der Waals surface area contributed by atoms with Crippen LogP contribution in [0.1, 0.15) is 35.3 Å². The molecular weight excluding hydrogens is 274 g/mol. The molecule has 2 aromatic rings. The first kappa shape index (κ1) is 14.8. The average molecular weight is 294 g/mol. The van der Waals surface area contributed by atoms with Crippen molar-refractivity contribution in [3.63, 3.8) is 0 Å². The number of rotatable bonds is 4. The zero-order valence-electron chi connectivity index (χ0n) is 12.6. The van der Waals surface area contributed by atoms with Crippen molar-refractivity contribution in [3.05, 3.63) is 33.5 Å². The van der Waals surface area contributed by atoms with Gasteiger partial charge in [0.1, 0.15) is 16.8 Å². The number of aromatic nitrogens is 4. The van der Waals surface area contributed by atoms with E-state index < -0.39 is 0 Å². The summed E-state index contributed by atoms with van der Waals surface area (Å²) in [6, 6.07) is 0. The summed E-state index contributed by atoms with van der Waals surface area (Å²) in [5, 5.41) is 8.28. The quantitative estimate of drug-likeness (QED) is 0.881. The number of anilines is 1.